The van der Waals surface area contributed by atoms with Crippen LogP contribution in [0.1, 0.15) is 25.5 Å². The van der Waals surface area contributed by atoms with Crippen LogP contribution >= 0.6 is 0 Å². The Hall–Kier alpha value is -1.42. The van der Waals surface area contributed by atoms with Gasteiger partial charge in [-0.25, -0.2) is 0 Å². The minimum absolute atomic E-state index is 0.0810. The molecule has 14 heavy (non-hydrogen) atoms. The first-order valence-electron chi connectivity index (χ1n) is 4.54. The molecule has 1 aromatic heterocycles. The largest absolute Gasteiger partial charge is 0.325 e. The van der Waals surface area contributed by atoms with Crippen LogP contribution < -0.4 is 10.6 Å². The lowest BCUT2D eigenvalue weighted by atomic mass is 10.1. The van der Waals surface area contributed by atoms with Crippen LogP contribution in [0.2, 0.25) is 0 Å². The van der Waals surface area contributed by atoms with E-state index in [-0.39, 0.29) is 11.9 Å². The van der Waals surface area contributed by atoms with Crippen molar-refractivity contribution in [3.63, 3.8) is 0 Å². The lowest BCUT2D eigenvalue weighted by Crippen LogP contribution is -2.16. The summed E-state index contributed by atoms with van der Waals surface area (Å²) in [7, 11) is 1.88. The quantitative estimate of drug-likeness (QED) is 0.761. The zero-order valence-electron chi connectivity index (χ0n) is 8.66. The minimum atomic E-state index is -0.0810. The molecule has 0 unspecified atom stereocenters. The molecule has 1 heterocycles. The van der Waals surface area contributed by atoms with E-state index in [1.165, 1.54) is 6.92 Å². The number of carbonyl (C=O) groups is 1. The van der Waals surface area contributed by atoms with Gasteiger partial charge in [0.1, 0.15) is 0 Å². The second-order valence-corrected chi connectivity index (χ2v) is 3.15. The van der Waals surface area contributed by atoms with Crippen LogP contribution in [0.3, 0.4) is 0 Å². The maximum atomic E-state index is 10.9. The molecule has 1 aromatic rings. The van der Waals surface area contributed by atoms with Gasteiger partial charge in [0.15, 0.2) is 0 Å². The zero-order valence-corrected chi connectivity index (χ0v) is 8.66. The first kappa shape index (κ1) is 10.7. The molecule has 0 aromatic carbocycles. The zero-order chi connectivity index (χ0) is 10.6. The fourth-order valence-electron chi connectivity index (χ4n) is 1.23. The molecule has 1 atom stereocenters. The number of nitrogens with one attached hydrogen (secondary N) is 2. The van der Waals surface area contributed by atoms with Gasteiger partial charge >= 0.3 is 0 Å². The predicted molar refractivity (Wildman–Crippen MR) is 56.0 cm³/mol. The normalized spacial score (nSPS) is 12.2. The number of nitrogens with zero attached hydrogens (tertiary/aromatic N) is 1. The molecule has 0 saturated carbocycles. The topological polar surface area (TPSA) is 54.0 Å². The van der Waals surface area contributed by atoms with Crippen molar-refractivity contribution >= 4 is 11.6 Å². The fraction of sp³-hybridized carbons (Fsp3) is 0.400. The summed E-state index contributed by atoms with van der Waals surface area (Å²) >= 11 is 0. The molecule has 0 saturated heterocycles. The Morgan fingerprint density at radius 1 is 1.57 bits per heavy atom. The molecule has 0 fully saturated rings. The number of hydrogen-bond donors (Lipinski definition) is 2. The van der Waals surface area contributed by atoms with Gasteiger partial charge in [-0.15, -0.1) is 0 Å². The van der Waals surface area contributed by atoms with Crippen molar-refractivity contribution in [3.8, 4) is 0 Å². The van der Waals surface area contributed by atoms with Crippen molar-refractivity contribution in [1.29, 1.82) is 0 Å². The van der Waals surface area contributed by atoms with Crippen LogP contribution in [0, 0.1) is 0 Å². The van der Waals surface area contributed by atoms with Gasteiger partial charge in [0.05, 0.1) is 11.9 Å². The lowest BCUT2D eigenvalue weighted by Gasteiger charge is -2.14. The smallest absolute Gasteiger partial charge is 0.221 e. The van der Waals surface area contributed by atoms with Crippen LogP contribution in [0.25, 0.3) is 0 Å². The Bertz CT molecular complexity index is 325. The molecule has 2 N–H and O–H groups in total. The van der Waals surface area contributed by atoms with Crippen molar-refractivity contribution in [2.75, 3.05) is 12.4 Å². The predicted octanol–water partition coefficient (Wildman–Crippen LogP) is 1.32. The highest BCUT2D eigenvalue weighted by molar-refractivity contribution is 5.89. The first-order chi connectivity index (χ1) is 6.65. The summed E-state index contributed by atoms with van der Waals surface area (Å²) in [6.45, 7) is 3.52. The summed E-state index contributed by atoms with van der Waals surface area (Å²) in [5.41, 5.74) is 1.81. The van der Waals surface area contributed by atoms with Crippen LogP contribution in [-0.2, 0) is 4.79 Å². The maximum absolute atomic E-state index is 10.9. The van der Waals surface area contributed by atoms with Crippen molar-refractivity contribution in [2.45, 2.75) is 19.9 Å². The molecule has 4 heteroatoms. The molecule has 1 amide bonds. The number of aromatic nitrogens is 1. The molecule has 0 bridgehead atoms. The summed E-state index contributed by atoms with van der Waals surface area (Å²) in [5, 5.41) is 5.86. The molecule has 0 radical (unpaired) electrons. The Kier molecular flexibility index (Phi) is 3.59. The molecule has 76 valence electrons. The molecule has 4 nitrogen and oxygen atoms in total. The Labute approximate surface area is 83.7 Å². The second-order valence-electron chi connectivity index (χ2n) is 3.15. The van der Waals surface area contributed by atoms with E-state index in [2.05, 4.69) is 15.6 Å². The monoisotopic (exact) mass is 193 g/mol. The van der Waals surface area contributed by atoms with Crippen LogP contribution in [0.4, 0.5) is 5.69 Å². The first-order valence-corrected chi connectivity index (χ1v) is 4.54. The Balaban J connectivity index is 2.96. The number of amides is 1. The Morgan fingerprint density at radius 2 is 2.29 bits per heavy atom. The molecular formula is C10H15N3O. The molecule has 0 aliphatic heterocycles. The van der Waals surface area contributed by atoms with Crippen LogP contribution in [-0.4, -0.2) is 17.9 Å². The Morgan fingerprint density at radius 3 is 2.86 bits per heavy atom. The van der Waals surface area contributed by atoms with Gasteiger partial charge < -0.3 is 10.6 Å². The third-order valence-corrected chi connectivity index (χ3v) is 2.07. The van der Waals surface area contributed by atoms with Crippen molar-refractivity contribution < 1.29 is 4.79 Å². The standard InChI is InChI=1S/C10H15N3O/c1-7(11-3)9-4-5-12-6-10(9)13-8(2)14/h4-7,11H,1-3H3,(H,13,14)/t7-/m0/s1. The van der Waals surface area contributed by atoms with E-state index in [0.29, 0.717) is 0 Å². The highest BCUT2D eigenvalue weighted by Crippen LogP contribution is 2.20. The molecular weight excluding hydrogens is 178 g/mol. The summed E-state index contributed by atoms with van der Waals surface area (Å²) < 4.78 is 0. The van der Waals surface area contributed by atoms with Crippen LogP contribution in [0.15, 0.2) is 18.5 Å². The van der Waals surface area contributed by atoms with Gasteiger partial charge in [0, 0.05) is 19.2 Å². The highest BCUT2D eigenvalue weighted by atomic mass is 16.1. The molecule has 0 aliphatic carbocycles. The van der Waals surface area contributed by atoms with Crippen LogP contribution in [0.5, 0.6) is 0 Å². The SMILES string of the molecule is CN[C@@H](C)c1ccncc1NC(C)=O. The van der Waals surface area contributed by atoms with Gasteiger partial charge in [0.25, 0.3) is 0 Å². The third kappa shape index (κ3) is 2.53. The minimum Gasteiger partial charge on any atom is -0.325 e. The van der Waals surface area contributed by atoms with E-state index in [0.717, 1.165) is 11.3 Å². The molecule has 0 aliphatic rings. The van der Waals surface area contributed by atoms with E-state index in [1.54, 1.807) is 12.4 Å². The fourth-order valence-corrected chi connectivity index (χ4v) is 1.23. The van der Waals surface area contributed by atoms with E-state index in [1.807, 2.05) is 20.0 Å². The van der Waals surface area contributed by atoms with Crippen molar-refractivity contribution in [2.24, 2.45) is 0 Å². The van der Waals surface area contributed by atoms with E-state index in [9.17, 15) is 4.79 Å². The summed E-state index contributed by atoms with van der Waals surface area (Å²) in [6, 6.07) is 2.09. The average molecular weight is 193 g/mol. The molecule has 1 rings (SSSR count). The number of rotatable bonds is 3. The summed E-state index contributed by atoms with van der Waals surface area (Å²) in [6.07, 6.45) is 3.37. The number of carbonyl (C=O) groups excluding carboxylic acids is 1. The summed E-state index contributed by atoms with van der Waals surface area (Å²) in [4.78, 5) is 14.9. The van der Waals surface area contributed by atoms with Crippen molar-refractivity contribution in [1.82, 2.24) is 10.3 Å². The highest BCUT2D eigenvalue weighted by Gasteiger charge is 2.08. The number of pyridine rings is 1. The van der Waals surface area contributed by atoms with Gasteiger partial charge in [-0.3, -0.25) is 9.78 Å². The average Bonchev–Trinajstić information content (AvgIpc) is 2.16. The maximum Gasteiger partial charge on any atom is 0.221 e. The van der Waals surface area contributed by atoms with E-state index < -0.39 is 0 Å². The summed E-state index contributed by atoms with van der Waals surface area (Å²) in [5.74, 6) is -0.0810. The third-order valence-electron chi connectivity index (χ3n) is 2.07. The second kappa shape index (κ2) is 4.72. The van der Waals surface area contributed by atoms with Gasteiger partial charge in [0.2, 0.25) is 5.91 Å². The molecule has 0 spiro atoms. The van der Waals surface area contributed by atoms with E-state index >= 15 is 0 Å². The number of hydrogen-bond acceptors (Lipinski definition) is 3. The van der Waals surface area contributed by atoms with Gasteiger partial charge in [-0.05, 0) is 25.6 Å². The van der Waals surface area contributed by atoms with Gasteiger partial charge in [-0.1, -0.05) is 0 Å². The van der Waals surface area contributed by atoms with Crippen molar-refractivity contribution in [3.05, 3.63) is 24.0 Å². The lowest BCUT2D eigenvalue weighted by molar-refractivity contribution is -0.114. The van der Waals surface area contributed by atoms with E-state index in [4.69, 9.17) is 0 Å². The number of anilines is 1. The van der Waals surface area contributed by atoms with Gasteiger partial charge in [-0.2, -0.15) is 0 Å².